The van der Waals surface area contributed by atoms with Gasteiger partial charge in [0, 0.05) is 6.20 Å². The van der Waals surface area contributed by atoms with Crippen LogP contribution in [0.5, 0.6) is 0 Å². The molecular formula is C6H5N3. The maximum absolute atomic E-state index is 8.05. The van der Waals surface area contributed by atoms with Gasteiger partial charge in [0.05, 0.1) is 0 Å². The Balaban J connectivity index is 2.97. The predicted octanol–water partition coefficient (Wildman–Crippen LogP) is 0.730. The third-order valence-corrected chi connectivity index (χ3v) is 0.878. The normalized spacial score (nSPS) is 8.00. The molecule has 0 spiro atoms. The Bertz CT molecular complexity index is 223. The van der Waals surface area contributed by atoms with Crippen LogP contribution in [0.15, 0.2) is 24.4 Å². The molecule has 3 heteroatoms. The van der Waals surface area contributed by atoms with Crippen LogP contribution < -0.4 is 0 Å². The molecule has 0 saturated heterocycles. The van der Waals surface area contributed by atoms with Crippen LogP contribution in [0.25, 0.3) is 5.53 Å². The average Bonchev–Trinajstić information content (AvgIpc) is 1.91. The van der Waals surface area contributed by atoms with Crippen molar-refractivity contribution < 1.29 is 4.79 Å². The van der Waals surface area contributed by atoms with Crippen LogP contribution in [0.3, 0.4) is 0 Å². The molecule has 0 aromatic carbocycles. The highest BCUT2D eigenvalue weighted by atomic mass is 14.8. The highest BCUT2D eigenvalue weighted by Gasteiger charge is 1.86. The van der Waals surface area contributed by atoms with Crippen LogP contribution in [0.2, 0.25) is 0 Å². The Hall–Kier alpha value is -1.47. The van der Waals surface area contributed by atoms with Gasteiger partial charge >= 0.3 is 6.21 Å². The van der Waals surface area contributed by atoms with E-state index in [2.05, 4.69) is 9.77 Å². The molecule has 9 heavy (non-hydrogen) atoms. The monoisotopic (exact) mass is 119 g/mol. The lowest BCUT2D eigenvalue weighted by Crippen LogP contribution is -1.83. The Morgan fingerprint density at radius 2 is 2.44 bits per heavy atom. The van der Waals surface area contributed by atoms with Gasteiger partial charge in [-0.25, -0.2) is 4.98 Å². The average molecular weight is 119 g/mol. The maximum atomic E-state index is 8.05. The van der Waals surface area contributed by atoms with Crippen molar-refractivity contribution in [3.63, 3.8) is 0 Å². The maximum Gasteiger partial charge on any atom is 0.305 e. The molecule has 1 aromatic heterocycles. The number of pyridine rings is 1. The first kappa shape index (κ1) is 5.66. The van der Waals surface area contributed by atoms with Crippen molar-refractivity contribution in [1.82, 2.24) is 4.98 Å². The smallest absolute Gasteiger partial charge is 0.305 e. The summed E-state index contributed by atoms with van der Waals surface area (Å²) in [4.78, 5) is 6.68. The minimum atomic E-state index is 0.653. The second-order valence-electron chi connectivity index (χ2n) is 1.50. The lowest BCUT2D eigenvalue weighted by molar-refractivity contribution is 0.00427. The fourth-order valence-electron chi connectivity index (χ4n) is 0.511. The summed E-state index contributed by atoms with van der Waals surface area (Å²) in [7, 11) is 0. The number of rotatable bonds is 1. The zero-order valence-electron chi connectivity index (χ0n) is 4.73. The molecule has 0 aliphatic heterocycles. The Kier molecular flexibility index (Phi) is 1.73. The molecule has 0 atom stereocenters. The highest BCUT2D eigenvalue weighted by molar-refractivity contribution is 5.71. The van der Waals surface area contributed by atoms with Crippen molar-refractivity contribution in [2.24, 2.45) is 0 Å². The molecule has 0 radical (unpaired) electrons. The second kappa shape index (κ2) is 2.74. The van der Waals surface area contributed by atoms with Gasteiger partial charge in [-0.2, -0.15) is 4.79 Å². The number of nitrogens with zero attached hydrogens (tertiary/aromatic N) is 3. The van der Waals surface area contributed by atoms with E-state index >= 15 is 0 Å². The molecule has 0 fully saturated rings. The molecule has 0 aliphatic carbocycles. The Morgan fingerprint density at radius 1 is 1.56 bits per heavy atom. The highest BCUT2D eigenvalue weighted by Crippen LogP contribution is 1.85. The Labute approximate surface area is 52.6 Å². The Morgan fingerprint density at radius 3 is 3.00 bits per heavy atom. The van der Waals surface area contributed by atoms with Gasteiger partial charge < -0.3 is 5.53 Å². The van der Waals surface area contributed by atoms with Crippen molar-refractivity contribution >= 4 is 6.21 Å². The van der Waals surface area contributed by atoms with Crippen molar-refractivity contribution in [2.75, 3.05) is 0 Å². The zero-order chi connectivity index (χ0) is 6.53. The van der Waals surface area contributed by atoms with Crippen molar-refractivity contribution in [1.29, 1.82) is 0 Å². The van der Waals surface area contributed by atoms with E-state index in [4.69, 9.17) is 5.53 Å². The third-order valence-electron chi connectivity index (χ3n) is 0.878. The molecule has 0 aliphatic rings. The SMILES string of the molecule is [N-]=[N+]=Cc1ccccn1. The summed E-state index contributed by atoms with van der Waals surface area (Å²) >= 11 is 0. The topological polar surface area (TPSA) is 49.3 Å². The predicted molar refractivity (Wildman–Crippen MR) is 33.0 cm³/mol. The van der Waals surface area contributed by atoms with E-state index in [0.717, 1.165) is 0 Å². The first-order valence-corrected chi connectivity index (χ1v) is 2.52. The van der Waals surface area contributed by atoms with Crippen LogP contribution in [-0.4, -0.2) is 16.0 Å². The number of hydrogen-bond acceptors (Lipinski definition) is 1. The van der Waals surface area contributed by atoms with Crippen LogP contribution >= 0.6 is 0 Å². The molecule has 44 valence electrons. The fraction of sp³-hybridized carbons (Fsp3) is 0. The summed E-state index contributed by atoms with van der Waals surface area (Å²) in [5, 5.41) is 0. The molecule has 1 rings (SSSR count). The summed E-state index contributed by atoms with van der Waals surface area (Å²) in [5.74, 6) is 0. The first-order chi connectivity index (χ1) is 4.43. The molecular weight excluding hydrogens is 114 g/mol. The van der Waals surface area contributed by atoms with E-state index in [-0.39, 0.29) is 0 Å². The van der Waals surface area contributed by atoms with Gasteiger partial charge in [-0.1, -0.05) is 6.07 Å². The molecule has 0 amide bonds. The molecule has 0 unspecified atom stereocenters. The van der Waals surface area contributed by atoms with Crippen molar-refractivity contribution in [3.05, 3.63) is 35.6 Å². The summed E-state index contributed by atoms with van der Waals surface area (Å²) in [6.45, 7) is 0. The molecule has 1 aromatic rings. The zero-order valence-corrected chi connectivity index (χ0v) is 4.73. The van der Waals surface area contributed by atoms with Crippen LogP contribution in [0.1, 0.15) is 5.69 Å². The quantitative estimate of drug-likeness (QED) is 0.305. The van der Waals surface area contributed by atoms with Crippen molar-refractivity contribution in [2.45, 2.75) is 0 Å². The largest absolute Gasteiger partial charge is 0.361 e. The van der Waals surface area contributed by atoms with Crippen LogP contribution in [0, 0.1) is 0 Å². The summed E-state index contributed by atoms with van der Waals surface area (Å²) in [6, 6.07) is 5.37. The van der Waals surface area contributed by atoms with E-state index < -0.39 is 0 Å². The van der Waals surface area contributed by atoms with Gasteiger partial charge in [-0.15, -0.1) is 0 Å². The van der Waals surface area contributed by atoms with Gasteiger partial charge in [-0.3, -0.25) is 0 Å². The van der Waals surface area contributed by atoms with Crippen LogP contribution in [0.4, 0.5) is 0 Å². The summed E-state index contributed by atoms with van der Waals surface area (Å²) in [5.41, 5.74) is 8.70. The molecule has 0 saturated carbocycles. The first-order valence-electron chi connectivity index (χ1n) is 2.52. The van der Waals surface area contributed by atoms with E-state index in [1.807, 2.05) is 6.07 Å². The minimum Gasteiger partial charge on any atom is -0.361 e. The number of hydrogen-bond donors (Lipinski definition) is 0. The molecule has 0 N–H and O–H groups in total. The van der Waals surface area contributed by atoms with E-state index in [0.29, 0.717) is 5.69 Å². The number of aromatic nitrogens is 1. The van der Waals surface area contributed by atoms with Gasteiger partial charge in [-0.05, 0) is 12.1 Å². The lowest BCUT2D eigenvalue weighted by atomic mass is 10.4. The summed E-state index contributed by atoms with van der Waals surface area (Å²) in [6.07, 6.45) is 2.91. The molecule has 0 bridgehead atoms. The summed E-state index contributed by atoms with van der Waals surface area (Å²) < 4.78 is 0. The minimum absolute atomic E-state index is 0.653. The third kappa shape index (κ3) is 1.48. The standard InChI is InChI=1S/C6H5N3/c7-9-5-6-3-1-2-4-8-6/h1-5H. The van der Waals surface area contributed by atoms with E-state index in [1.165, 1.54) is 6.21 Å². The van der Waals surface area contributed by atoms with E-state index in [9.17, 15) is 0 Å². The fourth-order valence-corrected chi connectivity index (χ4v) is 0.511. The lowest BCUT2D eigenvalue weighted by Gasteiger charge is -1.79. The van der Waals surface area contributed by atoms with E-state index in [1.54, 1.807) is 18.3 Å². The van der Waals surface area contributed by atoms with Gasteiger partial charge in [0.2, 0.25) is 0 Å². The van der Waals surface area contributed by atoms with Crippen LogP contribution in [-0.2, 0) is 0 Å². The second-order valence-corrected chi connectivity index (χ2v) is 1.50. The van der Waals surface area contributed by atoms with Gasteiger partial charge in [0.1, 0.15) is 5.69 Å². The molecule has 3 nitrogen and oxygen atoms in total. The van der Waals surface area contributed by atoms with Gasteiger partial charge in [0.25, 0.3) is 0 Å². The van der Waals surface area contributed by atoms with Crippen molar-refractivity contribution in [3.8, 4) is 0 Å². The molecule has 1 heterocycles. The van der Waals surface area contributed by atoms with Gasteiger partial charge in [0.15, 0.2) is 0 Å².